The van der Waals surface area contributed by atoms with E-state index in [0.717, 1.165) is 39.1 Å². The summed E-state index contributed by atoms with van der Waals surface area (Å²) in [4.78, 5) is 17.1. The molecular weight excluding hydrogens is 224 g/mol. The van der Waals surface area contributed by atoms with Crippen LogP contribution >= 0.6 is 0 Å². The van der Waals surface area contributed by atoms with Gasteiger partial charge in [0.1, 0.15) is 0 Å². The van der Waals surface area contributed by atoms with Crippen molar-refractivity contribution in [1.29, 1.82) is 0 Å². The number of hydrogen-bond donors (Lipinski definition) is 0. The molecule has 18 heavy (non-hydrogen) atoms. The van der Waals surface area contributed by atoms with Crippen molar-refractivity contribution in [3.8, 4) is 0 Å². The van der Waals surface area contributed by atoms with Gasteiger partial charge in [-0.1, -0.05) is 30.3 Å². The third kappa shape index (κ3) is 2.47. The SMILES string of the molecule is O=C(CCc1ccccc1)C1CN2CCN1CC2. The van der Waals surface area contributed by atoms with Crippen LogP contribution in [0.15, 0.2) is 30.3 Å². The van der Waals surface area contributed by atoms with Crippen molar-refractivity contribution in [2.45, 2.75) is 18.9 Å². The predicted molar refractivity (Wildman–Crippen MR) is 71.6 cm³/mol. The Hall–Kier alpha value is -1.19. The highest BCUT2D eigenvalue weighted by molar-refractivity contribution is 5.84. The quantitative estimate of drug-likeness (QED) is 0.795. The molecule has 4 rings (SSSR count). The number of rotatable bonds is 4. The third-order valence-corrected chi connectivity index (χ3v) is 4.15. The Balaban J connectivity index is 1.56. The van der Waals surface area contributed by atoms with Crippen LogP contribution in [0.1, 0.15) is 12.0 Å². The Morgan fingerprint density at radius 1 is 1.11 bits per heavy atom. The lowest BCUT2D eigenvalue weighted by atomic mass is 9.98. The zero-order valence-corrected chi connectivity index (χ0v) is 10.7. The number of carbonyl (C=O) groups excluding carboxylic acids is 1. The second-order valence-electron chi connectivity index (χ2n) is 5.30. The molecule has 3 aliphatic rings. The van der Waals surface area contributed by atoms with Crippen LogP contribution in [0.5, 0.6) is 0 Å². The summed E-state index contributed by atoms with van der Waals surface area (Å²) in [6, 6.07) is 10.5. The van der Waals surface area contributed by atoms with Crippen molar-refractivity contribution in [2.24, 2.45) is 0 Å². The molecule has 96 valence electrons. The molecule has 1 unspecified atom stereocenters. The van der Waals surface area contributed by atoms with E-state index >= 15 is 0 Å². The highest BCUT2D eigenvalue weighted by Crippen LogP contribution is 2.18. The summed E-state index contributed by atoms with van der Waals surface area (Å²) in [5.74, 6) is 0.420. The van der Waals surface area contributed by atoms with Crippen molar-refractivity contribution < 1.29 is 4.79 Å². The van der Waals surface area contributed by atoms with Gasteiger partial charge in [0, 0.05) is 39.1 Å². The number of benzene rings is 1. The molecule has 3 heteroatoms. The summed E-state index contributed by atoms with van der Waals surface area (Å²) in [6.45, 7) is 5.38. The van der Waals surface area contributed by atoms with E-state index in [9.17, 15) is 4.79 Å². The lowest BCUT2D eigenvalue weighted by Gasteiger charge is -2.46. The zero-order chi connectivity index (χ0) is 12.4. The van der Waals surface area contributed by atoms with Crippen LogP contribution in [0.25, 0.3) is 0 Å². The molecule has 3 fully saturated rings. The van der Waals surface area contributed by atoms with Crippen LogP contribution in [0.4, 0.5) is 0 Å². The van der Waals surface area contributed by atoms with Crippen molar-refractivity contribution in [1.82, 2.24) is 9.80 Å². The number of piperazine rings is 3. The van der Waals surface area contributed by atoms with Gasteiger partial charge in [-0.15, -0.1) is 0 Å². The summed E-state index contributed by atoms with van der Waals surface area (Å²) in [6.07, 6.45) is 1.56. The first-order valence-electron chi connectivity index (χ1n) is 6.86. The number of hydrogen-bond acceptors (Lipinski definition) is 3. The average Bonchev–Trinajstić information content (AvgIpc) is 2.47. The molecule has 0 spiro atoms. The Morgan fingerprint density at radius 3 is 2.44 bits per heavy atom. The third-order valence-electron chi connectivity index (χ3n) is 4.15. The molecule has 0 radical (unpaired) electrons. The van der Waals surface area contributed by atoms with E-state index in [1.165, 1.54) is 5.56 Å². The van der Waals surface area contributed by atoms with Crippen LogP contribution in [0.3, 0.4) is 0 Å². The standard InChI is InChI=1S/C15H20N2O/c18-15(7-6-13-4-2-1-3-5-13)14-12-16-8-10-17(14)11-9-16/h1-5,14H,6-12H2. The number of ketones is 1. The van der Waals surface area contributed by atoms with Crippen molar-refractivity contribution in [3.05, 3.63) is 35.9 Å². The second kappa shape index (κ2) is 5.21. The maximum absolute atomic E-state index is 12.3. The molecule has 1 atom stereocenters. The van der Waals surface area contributed by atoms with E-state index in [1.807, 2.05) is 18.2 Å². The van der Waals surface area contributed by atoms with Gasteiger partial charge >= 0.3 is 0 Å². The molecule has 0 aliphatic carbocycles. The molecule has 0 amide bonds. The van der Waals surface area contributed by atoms with Crippen LogP contribution in [0, 0.1) is 0 Å². The molecule has 3 aliphatic heterocycles. The van der Waals surface area contributed by atoms with E-state index < -0.39 is 0 Å². The van der Waals surface area contributed by atoms with Crippen molar-refractivity contribution in [3.63, 3.8) is 0 Å². The number of aryl methyl sites for hydroxylation is 1. The smallest absolute Gasteiger partial charge is 0.151 e. The van der Waals surface area contributed by atoms with Gasteiger partial charge in [-0.25, -0.2) is 0 Å². The number of nitrogens with zero attached hydrogens (tertiary/aromatic N) is 2. The normalized spacial score (nSPS) is 30.3. The van der Waals surface area contributed by atoms with Gasteiger partial charge in [0.15, 0.2) is 5.78 Å². The molecule has 1 aromatic carbocycles. The summed E-state index contributed by atoms with van der Waals surface area (Å²) < 4.78 is 0. The van der Waals surface area contributed by atoms with Crippen LogP contribution < -0.4 is 0 Å². The van der Waals surface area contributed by atoms with E-state index in [0.29, 0.717) is 12.2 Å². The molecular formula is C15H20N2O. The Kier molecular flexibility index (Phi) is 3.43. The van der Waals surface area contributed by atoms with E-state index in [2.05, 4.69) is 21.9 Å². The molecule has 0 saturated carbocycles. The van der Waals surface area contributed by atoms with E-state index in [1.54, 1.807) is 0 Å². The van der Waals surface area contributed by atoms with Gasteiger partial charge in [0.05, 0.1) is 6.04 Å². The summed E-state index contributed by atoms with van der Waals surface area (Å²) in [5, 5.41) is 0. The number of carbonyl (C=O) groups is 1. The number of Topliss-reactive ketones (excluding diaryl/α,β-unsaturated/α-hetero) is 1. The highest BCUT2D eigenvalue weighted by atomic mass is 16.1. The van der Waals surface area contributed by atoms with Gasteiger partial charge < -0.3 is 0 Å². The lowest BCUT2D eigenvalue weighted by molar-refractivity contribution is -0.129. The fourth-order valence-electron chi connectivity index (χ4n) is 3.00. The van der Waals surface area contributed by atoms with Gasteiger partial charge in [-0.2, -0.15) is 0 Å². The maximum Gasteiger partial charge on any atom is 0.151 e. The minimum atomic E-state index is 0.163. The first-order valence-corrected chi connectivity index (χ1v) is 6.86. The maximum atomic E-state index is 12.3. The van der Waals surface area contributed by atoms with E-state index in [-0.39, 0.29) is 6.04 Å². The van der Waals surface area contributed by atoms with Crippen LogP contribution in [-0.4, -0.2) is 54.3 Å². The van der Waals surface area contributed by atoms with Gasteiger partial charge in [0.2, 0.25) is 0 Å². The van der Waals surface area contributed by atoms with E-state index in [4.69, 9.17) is 0 Å². The molecule has 3 saturated heterocycles. The summed E-state index contributed by atoms with van der Waals surface area (Å²) in [5.41, 5.74) is 1.27. The molecule has 0 aromatic heterocycles. The topological polar surface area (TPSA) is 23.6 Å². The summed E-state index contributed by atoms with van der Waals surface area (Å²) >= 11 is 0. The zero-order valence-electron chi connectivity index (χ0n) is 10.7. The van der Waals surface area contributed by atoms with Gasteiger partial charge in [0.25, 0.3) is 0 Å². The van der Waals surface area contributed by atoms with Gasteiger partial charge in [-0.05, 0) is 12.0 Å². The molecule has 2 bridgehead atoms. The fourth-order valence-corrected chi connectivity index (χ4v) is 3.00. The Morgan fingerprint density at radius 2 is 1.83 bits per heavy atom. The second-order valence-corrected chi connectivity index (χ2v) is 5.30. The van der Waals surface area contributed by atoms with Gasteiger partial charge in [-0.3, -0.25) is 14.6 Å². The Labute approximate surface area is 108 Å². The summed E-state index contributed by atoms with van der Waals surface area (Å²) in [7, 11) is 0. The Bertz CT molecular complexity index is 410. The molecule has 1 aromatic rings. The molecule has 0 N–H and O–H groups in total. The first kappa shape index (κ1) is 11.9. The number of fused-ring (bicyclic) bond motifs is 3. The van der Waals surface area contributed by atoms with Crippen LogP contribution in [0.2, 0.25) is 0 Å². The van der Waals surface area contributed by atoms with Crippen molar-refractivity contribution in [2.75, 3.05) is 32.7 Å². The minimum Gasteiger partial charge on any atom is -0.299 e. The monoisotopic (exact) mass is 244 g/mol. The fraction of sp³-hybridized carbons (Fsp3) is 0.533. The van der Waals surface area contributed by atoms with Crippen molar-refractivity contribution >= 4 is 5.78 Å². The highest BCUT2D eigenvalue weighted by Gasteiger charge is 2.35. The minimum absolute atomic E-state index is 0.163. The molecule has 3 heterocycles. The first-order chi connectivity index (χ1) is 8.83. The average molecular weight is 244 g/mol. The molecule has 3 nitrogen and oxygen atoms in total. The van der Waals surface area contributed by atoms with Crippen LogP contribution in [-0.2, 0) is 11.2 Å². The largest absolute Gasteiger partial charge is 0.299 e. The predicted octanol–water partition coefficient (Wildman–Crippen LogP) is 1.19. The lowest BCUT2D eigenvalue weighted by Crippen LogP contribution is -2.63.